The molecule has 6 heteroatoms. The monoisotopic (exact) mass is 336 g/mol. The molecule has 0 saturated carbocycles. The Morgan fingerprint density at radius 2 is 1.88 bits per heavy atom. The number of hydrogen-bond donors (Lipinski definition) is 0. The highest BCUT2D eigenvalue weighted by molar-refractivity contribution is 5.90. The summed E-state index contributed by atoms with van der Waals surface area (Å²) in [6, 6.07) is 12.8. The van der Waals surface area contributed by atoms with Crippen molar-refractivity contribution >= 4 is 5.97 Å². The predicted octanol–water partition coefficient (Wildman–Crippen LogP) is 3.24. The van der Waals surface area contributed by atoms with Crippen LogP contribution in [0.1, 0.15) is 10.4 Å². The van der Waals surface area contributed by atoms with Crippen molar-refractivity contribution in [3.63, 3.8) is 0 Å². The third-order valence-electron chi connectivity index (χ3n) is 3.28. The summed E-state index contributed by atoms with van der Waals surface area (Å²) in [5.74, 6) is 1.85. The van der Waals surface area contributed by atoms with Crippen molar-refractivity contribution in [3.8, 4) is 29.5 Å². The second kappa shape index (κ2) is 7.32. The van der Waals surface area contributed by atoms with Gasteiger partial charge in [-0.2, -0.15) is 5.10 Å². The van der Waals surface area contributed by atoms with Gasteiger partial charge in [0.2, 0.25) is 0 Å². The Morgan fingerprint density at radius 1 is 1.16 bits per heavy atom. The van der Waals surface area contributed by atoms with Crippen LogP contribution in [0.2, 0.25) is 0 Å². The summed E-state index contributed by atoms with van der Waals surface area (Å²) in [6.45, 7) is 0.0553. The number of terminal acetylenes is 1. The molecule has 2 aromatic carbocycles. The molecule has 124 valence electrons. The van der Waals surface area contributed by atoms with Crippen LogP contribution in [-0.4, -0.2) is 22.4 Å². The number of rotatable bonds is 5. The van der Waals surface area contributed by atoms with Gasteiger partial charge in [0.1, 0.15) is 18.1 Å². The van der Waals surface area contributed by atoms with Gasteiger partial charge in [0, 0.05) is 6.20 Å². The SMILES string of the molecule is C#CCOc1ccccc1OC(=O)c1cnn(-c2ccccc2F)c1. The molecule has 0 spiro atoms. The standard InChI is InChI=1S/C19H13FN2O3/c1-2-11-24-17-9-5-6-10-18(17)25-19(23)14-12-21-22(13-14)16-8-4-3-7-15(16)20/h1,3-10,12-13H,11H2. The quantitative estimate of drug-likeness (QED) is 0.408. The van der Waals surface area contributed by atoms with Gasteiger partial charge in [-0.3, -0.25) is 0 Å². The van der Waals surface area contributed by atoms with E-state index in [9.17, 15) is 9.18 Å². The molecule has 0 aliphatic carbocycles. The minimum absolute atomic E-state index is 0.0553. The summed E-state index contributed by atoms with van der Waals surface area (Å²) in [6.07, 6.45) is 7.86. The highest BCUT2D eigenvalue weighted by Crippen LogP contribution is 2.27. The van der Waals surface area contributed by atoms with Gasteiger partial charge in [0.05, 0.1) is 11.8 Å². The number of nitrogens with zero attached hydrogens (tertiary/aromatic N) is 2. The summed E-state index contributed by atoms with van der Waals surface area (Å²) < 4.78 is 25.7. The van der Waals surface area contributed by atoms with Crippen molar-refractivity contribution in [1.29, 1.82) is 0 Å². The molecule has 3 aromatic rings. The third-order valence-corrected chi connectivity index (χ3v) is 3.28. The Kier molecular flexibility index (Phi) is 4.77. The van der Waals surface area contributed by atoms with E-state index < -0.39 is 11.8 Å². The van der Waals surface area contributed by atoms with E-state index in [4.69, 9.17) is 15.9 Å². The van der Waals surface area contributed by atoms with Gasteiger partial charge >= 0.3 is 5.97 Å². The molecule has 0 fully saturated rings. The Bertz CT molecular complexity index is 944. The number of carbonyl (C=O) groups is 1. The van der Waals surface area contributed by atoms with E-state index in [1.54, 1.807) is 42.5 Å². The Morgan fingerprint density at radius 3 is 2.64 bits per heavy atom. The number of para-hydroxylation sites is 3. The van der Waals surface area contributed by atoms with E-state index in [-0.39, 0.29) is 23.6 Å². The van der Waals surface area contributed by atoms with Crippen molar-refractivity contribution in [2.24, 2.45) is 0 Å². The van der Waals surface area contributed by atoms with Gasteiger partial charge in [-0.15, -0.1) is 6.42 Å². The highest BCUT2D eigenvalue weighted by Gasteiger charge is 2.15. The maximum atomic E-state index is 13.8. The smallest absolute Gasteiger partial charge is 0.346 e. The van der Waals surface area contributed by atoms with Crippen LogP contribution >= 0.6 is 0 Å². The molecule has 5 nitrogen and oxygen atoms in total. The largest absolute Gasteiger partial charge is 0.477 e. The zero-order chi connectivity index (χ0) is 17.6. The van der Waals surface area contributed by atoms with Crippen molar-refractivity contribution in [2.45, 2.75) is 0 Å². The molecular formula is C19H13FN2O3. The molecule has 0 amide bonds. The van der Waals surface area contributed by atoms with Gasteiger partial charge in [0.15, 0.2) is 11.5 Å². The lowest BCUT2D eigenvalue weighted by Crippen LogP contribution is -2.09. The number of halogens is 1. The molecule has 1 heterocycles. The van der Waals surface area contributed by atoms with E-state index in [2.05, 4.69) is 11.0 Å². The summed E-state index contributed by atoms with van der Waals surface area (Å²) in [4.78, 5) is 12.3. The van der Waals surface area contributed by atoms with Gasteiger partial charge in [-0.25, -0.2) is 13.9 Å². The summed E-state index contributed by atoms with van der Waals surface area (Å²) in [7, 11) is 0. The lowest BCUT2D eigenvalue weighted by atomic mass is 10.3. The number of carbonyl (C=O) groups excluding carboxylic acids is 1. The maximum absolute atomic E-state index is 13.8. The van der Waals surface area contributed by atoms with Crippen molar-refractivity contribution in [1.82, 2.24) is 9.78 Å². The lowest BCUT2D eigenvalue weighted by Gasteiger charge is -2.09. The first-order valence-electron chi connectivity index (χ1n) is 7.36. The first-order valence-corrected chi connectivity index (χ1v) is 7.36. The highest BCUT2D eigenvalue weighted by atomic mass is 19.1. The minimum Gasteiger partial charge on any atom is -0.477 e. The summed E-state index contributed by atoms with van der Waals surface area (Å²) in [5.41, 5.74) is 0.411. The molecule has 0 radical (unpaired) electrons. The minimum atomic E-state index is -0.639. The van der Waals surface area contributed by atoms with Crippen molar-refractivity contribution < 1.29 is 18.7 Å². The number of hydrogen-bond acceptors (Lipinski definition) is 4. The average Bonchev–Trinajstić information content (AvgIpc) is 3.11. The molecular weight excluding hydrogens is 323 g/mol. The lowest BCUT2D eigenvalue weighted by molar-refractivity contribution is 0.0729. The Balaban J connectivity index is 1.80. The molecule has 0 aliphatic rings. The molecule has 0 aliphatic heterocycles. The zero-order valence-electron chi connectivity index (χ0n) is 13.1. The first kappa shape index (κ1) is 16.3. The van der Waals surface area contributed by atoms with Crippen LogP contribution in [0.3, 0.4) is 0 Å². The molecule has 0 unspecified atom stereocenters. The number of esters is 1. The fraction of sp³-hybridized carbons (Fsp3) is 0.0526. The predicted molar refractivity (Wildman–Crippen MR) is 89.3 cm³/mol. The van der Waals surface area contributed by atoms with Gasteiger partial charge in [-0.05, 0) is 24.3 Å². The number of ether oxygens (including phenoxy) is 2. The fourth-order valence-electron chi connectivity index (χ4n) is 2.13. The summed E-state index contributed by atoms with van der Waals surface area (Å²) in [5, 5.41) is 4.00. The van der Waals surface area contributed by atoms with E-state index in [0.717, 1.165) is 0 Å². The Labute approximate surface area is 143 Å². The van der Waals surface area contributed by atoms with E-state index in [0.29, 0.717) is 5.75 Å². The maximum Gasteiger partial charge on any atom is 0.346 e. The van der Waals surface area contributed by atoms with Crippen LogP contribution in [0.15, 0.2) is 60.9 Å². The van der Waals surface area contributed by atoms with Crippen LogP contribution in [-0.2, 0) is 0 Å². The van der Waals surface area contributed by atoms with Crippen molar-refractivity contribution in [2.75, 3.05) is 6.61 Å². The second-order valence-electron chi connectivity index (χ2n) is 4.95. The summed E-state index contributed by atoms with van der Waals surface area (Å²) >= 11 is 0. The van der Waals surface area contributed by atoms with Crippen LogP contribution in [0.5, 0.6) is 11.5 Å². The molecule has 1 aromatic heterocycles. The van der Waals surface area contributed by atoms with Crippen LogP contribution in [0, 0.1) is 18.2 Å². The number of aromatic nitrogens is 2. The zero-order valence-corrected chi connectivity index (χ0v) is 13.1. The van der Waals surface area contributed by atoms with Crippen molar-refractivity contribution in [3.05, 3.63) is 72.3 Å². The second-order valence-corrected chi connectivity index (χ2v) is 4.95. The molecule has 0 atom stereocenters. The normalized spacial score (nSPS) is 10.1. The van der Waals surface area contributed by atoms with Crippen LogP contribution in [0.25, 0.3) is 5.69 Å². The van der Waals surface area contributed by atoms with E-state index in [1.165, 1.54) is 23.1 Å². The molecule has 0 saturated heterocycles. The van der Waals surface area contributed by atoms with Gasteiger partial charge < -0.3 is 9.47 Å². The number of benzene rings is 2. The average molecular weight is 336 g/mol. The van der Waals surface area contributed by atoms with Gasteiger partial charge in [0.25, 0.3) is 0 Å². The van der Waals surface area contributed by atoms with Gasteiger partial charge in [-0.1, -0.05) is 30.2 Å². The first-order chi connectivity index (χ1) is 12.2. The fourth-order valence-corrected chi connectivity index (χ4v) is 2.13. The third kappa shape index (κ3) is 3.67. The Hall–Kier alpha value is -3.59. The topological polar surface area (TPSA) is 53.4 Å². The van der Waals surface area contributed by atoms with Crippen LogP contribution < -0.4 is 9.47 Å². The molecule has 0 N–H and O–H groups in total. The van der Waals surface area contributed by atoms with Crippen LogP contribution in [0.4, 0.5) is 4.39 Å². The van der Waals surface area contributed by atoms with E-state index >= 15 is 0 Å². The molecule has 25 heavy (non-hydrogen) atoms. The molecule has 0 bridgehead atoms. The molecule has 3 rings (SSSR count). The van der Waals surface area contributed by atoms with E-state index in [1.807, 2.05) is 0 Å².